The molecule has 0 aromatic rings. The molecule has 4 aliphatic rings. The Balaban J connectivity index is 1.64. The van der Waals surface area contributed by atoms with E-state index in [1.165, 1.54) is 38.5 Å². The molecule has 0 heterocycles. The summed E-state index contributed by atoms with van der Waals surface area (Å²) in [6, 6.07) is 0. The number of hydrogen-bond acceptors (Lipinski definition) is 2. The highest BCUT2D eigenvalue weighted by molar-refractivity contribution is 5.78. The predicted molar refractivity (Wildman–Crippen MR) is 85.7 cm³/mol. The van der Waals surface area contributed by atoms with E-state index in [4.69, 9.17) is 5.73 Å². The molecule has 21 heavy (non-hydrogen) atoms. The number of carbonyl (C=O) groups is 1. The van der Waals surface area contributed by atoms with Crippen LogP contribution in [0.15, 0.2) is 0 Å². The fourth-order valence-corrected chi connectivity index (χ4v) is 6.07. The van der Waals surface area contributed by atoms with Crippen LogP contribution in [0.2, 0.25) is 0 Å². The quantitative estimate of drug-likeness (QED) is 0.818. The first-order valence-electron chi connectivity index (χ1n) is 9.00. The lowest BCUT2D eigenvalue weighted by molar-refractivity contribution is -0.139. The van der Waals surface area contributed by atoms with Crippen LogP contribution < -0.4 is 5.73 Å². The fraction of sp³-hybridized carbons (Fsp3) is 0.944. The molecule has 3 nitrogen and oxygen atoms in total. The molecular formula is C18H32N2O. The van der Waals surface area contributed by atoms with Gasteiger partial charge < -0.3 is 10.6 Å². The van der Waals surface area contributed by atoms with Crippen molar-refractivity contribution in [3.63, 3.8) is 0 Å². The zero-order valence-corrected chi connectivity index (χ0v) is 13.8. The second-order valence-electron chi connectivity index (χ2n) is 8.33. The SMILES string of the molecule is CCCC(CN)C(=O)N(C)CC12CC3CC(CC(C3)C1)C2. The highest BCUT2D eigenvalue weighted by atomic mass is 16.2. The van der Waals surface area contributed by atoms with Crippen LogP contribution in [0, 0.1) is 29.1 Å². The van der Waals surface area contributed by atoms with Crippen LogP contribution in [0.4, 0.5) is 0 Å². The Morgan fingerprint density at radius 3 is 2.14 bits per heavy atom. The molecule has 2 N–H and O–H groups in total. The summed E-state index contributed by atoms with van der Waals surface area (Å²) >= 11 is 0. The van der Waals surface area contributed by atoms with Crippen molar-refractivity contribution in [1.82, 2.24) is 4.90 Å². The van der Waals surface area contributed by atoms with E-state index < -0.39 is 0 Å². The van der Waals surface area contributed by atoms with Crippen LogP contribution in [0.25, 0.3) is 0 Å². The molecule has 1 amide bonds. The zero-order chi connectivity index (χ0) is 15.0. The molecule has 0 aromatic carbocycles. The van der Waals surface area contributed by atoms with Crippen molar-refractivity contribution in [3.05, 3.63) is 0 Å². The molecule has 0 aliphatic heterocycles. The maximum Gasteiger partial charge on any atom is 0.226 e. The average molecular weight is 292 g/mol. The highest BCUT2D eigenvalue weighted by Gasteiger charge is 2.51. The van der Waals surface area contributed by atoms with E-state index in [2.05, 4.69) is 6.92 Å². The van der Waals surface area contributed by atoms with Gasteiger partial charge in [0, 0.05) is 20.1 Å². The molecule has 0 radical (unpaired) electrons. The van der Waals surface area contributed by atoms with E-state index in [9.17, 15) is 4.79 Å². The van der Waals surface area contributed by atoms with Crippen LogP contribution in [0.1, 0.15) is 58.3 Å². The Labute approximate surface area is 129 Å². The number of carbonyl (C=O) groups excluding carboxylic acids is 1. The number of nitrogens with zero attached hydrogens (tertiary/aromatic N) is 1. The van der Waals surface area contributed by atoms with E-state index in [0.717, 1.165) is 37.1 Å². The van der Waals surface area contributed by atoms with Crippen LogP contribution in [-0.4, -0.2) is 30.9 Å². The zero-order valence-electron chi connectivity index (χ0n) is 13.8. The largest absolute Gasteiger partial charge is 0.345 e. The van der Waals surface area contributed by atoms with Gasteiger partial charge in [-0.2, -0.15) is 0 Å². The number of nitrogens with two attached hydrogens (primary N) is 1. The Morgan fingerprint density at radius 1 is 1.19 bits per heavy atom. The first-order chi connectivity index (χ1) is 10.0. The summed E-state index contributed by atoms with van der Waals surface area (Å²) in [6.07, 6.45) is 10.5. The molecule has 4 fully saturated rings. The van der Waals surface area contributed by atoms with Gasteiger partial charge in [-0.05, 0) is 68.1 Å². The summed E-state index contributed by atoms with van der Waals surface area (Å²) in [6.45, 7) is 3.61. The lowest BCUT2D eigenvalue weighted by Crippen LogP contribution is -2.52. The number of amides is 1. The van der Waals surface area contributed by atoms with Crippen molar-refractivity contribution in [3.8, 4) is 0 Å². The van der Waals surface area contributed by atoms with Gasteiger partial charge in [0.2, 0.25) is 5.91 Å². The van der Waals surface area contributed by atoms with Crippen molar-refractivity contribution in [2.75, 3.05) is 20.1 Å². The minimum absolute atomic E-state index is 0.0360. The third kappa shape index (κ3) is 2.99. The molecule has 1 unspecified atom stereocenters. The average Bonchev–Trinajstić information content (AvgIpc) is 2.42. The van der Waals surface area contributed by atoms with E-state index >= 15 is 0 Å². The van der Waals surface area contributed by atoms with Gasteiger partial charge in [-0.25, -0.2) is 0 Å². The van der Waals surface area contributed by atoms with Crippen LogP contribution in [0.3, 0.4) is 0 Å². The van der Waals surface area contributed by atoms with Gasteiger partial charge in [-0.3, -0.25) is 4.79 Å². The molecule has 0 saturated heterocycles. The number of rotatable bonds is 6. The second-order valence-corrected chi connectivity index (χ2v) is 8.33. The highest BCUT2D eigenvalue weighted by Crippen LogP contribution is 2.60. The van der Waals surface area contributed by atoms with Gasteiger partial charge in [0.05, 0.1) is 5.92 Å². The molecule has 4 saturated carbocycles. The maximum atomic E-state index is 12.6. The van der Waals surface area contributed by atoms with Crippen LogP contribution in [-0.2, 0) is 4.79 Å². The van der Waals surface area contributed by atoms with E-state index in [-0.39, 0.29) is 11.8 Å². The summed E-state index contributed by atoms with van der Waals surface area (Å²) in [7, 11) is 2.01. The Kier molecular flexibility index (Phi) is 4.31. The van der Waals surface area contributed by atoms with Crippen molar-refractivity contribution >= 4 is 5.91 Å². The molecule has 4 bridgehead atoms. The minimum Gasteiger partial charge on any atom is -0.345 e. The number of hydrogen-bond donors (Lipinski definition) is 1. The first-order valence-corrected chi connectivity index (χ1v) is 9.00. The van der Waals surface area contributed by atoms with Gasteiger partial charge in [0.1, 0.15) is 0 Å². The van der Waals surface area contributed by atoms with Crippen molar-refractivity contribution in [2.45, 2.75) is 58.3 Å². The minimum atomic E-state index is 0.0360. The molecule has 4 aliphatic carbocycles. The maximum absolute atomic E-state index is 12.6. The van der Waals surface area contributed by atoms with Crippen LogP contribution in [0.5, 0.6) is 0 Å². The van der Waals surface area contributed by atoms with E-state index in [1.54, 1.807) is 0 Å². The standard InChI is InChI=1S/C18H32N2O/c1-3-4-16(11-19)17(21)20(2)12-18-8-13-5-14(9-18)7-15(6-13)10-18/h13-16H,3-12,19H2,1-2H3. The summed E-state index contributed by atoms with van der Waals surface area (Å²) in [5, 5.41) is 0. The van der Waals surface area contributed by atoms with Gasteiger partial charge in [-0.15, -0.1) is 0 Å². The normalized spacial score (nSPS) is 38.5. The van der Waals surface area contributed by atoms with Gasteiger partial charge in [-0.1, -0.05) is 13.3 Å². The Bertz CT molecular complexity index is 357. The predicted octanol–water partition coefficient (Wildman–Crippen LogP) is 3.04. The topological polar surface area (TPSA) is 46.3 Å². The molecule has 0 spiro atoms. The third-order valence-electron chi connectivity index (χ3n) is 6.38. The Morgan fingerprint density at radius 2 is 1.71 bits per heavy atom. The van der Waals surface area contributed by atoms with E-state index in [0.29, 0.717) is 12.0 Å². The monoisotopic (exact) mass is 292 g/mol. The summed E-state index contributed by atoms with van der Waals surface area (Å²) in [4.78, 5) is 14.7. The van der Waals surface area contributed by atoms with Crippen molar-refractivity contribution in [2.24, 2.45) is 34.8 Å². The molecule has 120 valence electrons. The summed E-state index contributed by atoms with van der Waals surface area (Å²) < 4.78 is 0. The molecule has 1 atom stereocenters. The van der Waals surface area contributed by atoms with E-state index in [1.807, 2.05) is 11.9 Å². The lowest BCUT2D eigenvalue weighted by atomic mass is 9.49. The van der Waals surface area contributed by atoms with Gasteiger partial charge >= 0.3 is 0 Å². The summed E-state index contributed by atoms with van der Waals surface area (Å²) in [5.41, 5.74) is 6.26. The van der Waals surface area contributed by atoms with Crippen molar-refractivity contribution < 1.29 is 4.79 Å². The molecule has 3 heteroatoms. The Hall–Kier alpha value is -0.570. The van der Waals surface area contributed by atoms with Gasteiger partial charge in [0.15, 0.2) is 0 Å². The molecule has 0 aromatic heterocycles. The molecule has 4 rings (SSSR count). The lowest BCUT2D eigenvalue weighted by Gasteiger charge is -2.57. The van der Waals surface area contributed by atoms with Crippen LogP contribution >= 0.6 is 0 Å². The smallest absolute Gasteiger partial charge is 0.226 e. The fourth-order valence-electron chi connectivity index (χ4n) is 6.07. The van der Waals surface area contributed by atoms with Gasteiger partial charge in [0.25, 0.3) is 0 Å². The molecular weight excluding hydrogens is 260 g/mol. The van der Waals surface area contributed by atoms with Crippen molar-refractivity contribution in [1.29, 1.82) is 0 Å². The summed E-state index contributed by atoms with van der Waals surface area (Å²) in [5.74, 6) is 3.20. The second kappa shape index (κ2) is 5.91. The first kappa shape index (κ1) is 15.3. The third-order valence-corrected chi connectivity index (χ3v) is 6.38.